The third kappa shape index (κ3) is 3.63. The topological polar surface area (TPSA) is 72.2 Å². The Bertz CT molecular complexity index is 703. The Morgan fingerprint density at radius 2 is 1.95 bits per heavy atom. The van der Waals surface area contributed by atoms with Gasteiger partial charge in [0.15, 0.2) is 5.58 Å². The van der Waals surface area contributed by atoms with Gasteiger partial charge in [-0.25, -0.2) is 13.1 Å². The summed E-state index contributed by atoms with van der Waals surface area (Å²) in [6.45, 7) is 0.540. The van der Waals surface area contributed by atoms with Gasteiger partial charge < -0.3 is 4.52 Å². The van der Waals surface area contributed by atoms with Crippen molar-refractivity contribution in [2.24, 2.45) is 5.92 Å². The zero-order chi connectivity index (χ0) is 14.7. The van der Waals surface area contributed by atoms with Crippen LogP contribution < -0.4 is 4.72 Å². The Morgan fingerprint density at radius 1 is 1.19 bits per heavy atom. The maximum Gasteiger partial charge on any atom is 0.217 e. The normalized spacial score (nSPS) is 17.3. The molecule has 1 saturated carbocycles. The third-order valence-electron chi connectivity index (χ3n) is 4.10. The first kappa shape index (κ1) is 14.5. The van der Waals surface area contributed by atoms with Crippen molar-refractivity contribution >= 4 is 21.0 Å². The van der Waals surface area contributed by atoms with Gasteiger partial charge in [-0.15, -0.1) is 0 Å². The minimum Gasteiger partial charge on any atom is -0.356 e. The van der Waals surface area contributed by atoms with Crippen molar-refractivity contribution in [3.8, 4) is 0 Å². The standard InChI is InChI=1S/C15H20N2O3S/c18-21(19,16-10-12-6-2-1-3-7-12)11-14-13-8-4-5-9-15(13)20-17-14/h4-5,8-9,12,16H,1-3,6-7,10-11H2. The summed E-state index contributed by atoms with van der Waals surface area (Å²) in [4.78, 5) is 0. The first-order valence-corrected chi connectivity index (χ1v) is 9.10. The number of hydrogen-bond acceptors (Lipinski definition) is 4. The summed E-state index contributed by atoms with van der Waals surface area (Å²) in [5, 5.41) is 4.65. The van der Waals surface area contributed by atoms with E-state index in [0.717, 1.165) is 18.2 Å². The number of aromatic nitrogens is 1. The molecule has 1 aliphatic rings. The minimum atomic E-state index is -3.37. The molecule has 114 valence electrons. The van der Waals surface area contributed by atoms with Crippen LogP contribution in [-0.4, -0.2) is 20.1 Å². The molecule has 5 nitrogen and oxygen atoms in total. The first-order valence-electron chi connectivity index (χ1n) is 7.45. The lowest BCUT2D eigenvalue weighted by atomic mass is 9.90. The molecular formula is C15H20N2O3S. The van der Waals surface area contributed by atoms with Crippen LogP contribution in [0.25, 0.3) is 11.0 Å². The molecule has 1 aliphatic carbocycles. The average Bonchev–Trinajstić information content (AvgIpc) is 2.89. The van der Waals surface area contributed by atoms with E-state index in [1.807, 2.05) is 18.2 Å². The lowest BCUT2D eigenvalue weighted by Gasteiger charge is -2.21. The monoisotopic (exact) mass is 308 g/mol. The second kappa shape index (κ2) is 6.15. The summed E-state index contributed by atoms with van der Waals surface area (Å²) in [5.74, 6) is 0.346. The zero-order valence-corrected chi connectivity index (χ0v) is 12.7. The summed E-state index contributed by atoms with van der Waals surface area (Å²) < 4.78 is 32.3. The molecule has 1 N–H and O–H groups in total. The first-order chi connectivity index (χ1) is 10.1. The van der Waals surface area contributed by atoms with Crippen LogP contribution in [0.15, 0.2) is 28.8 Å². The fourth-order valence-corrected chi connectivity index (χ4v) is 4.07. The second-order valence-corrected chi connectivity index (χ2v) is 7.54. The Balaban J connectivity index is 1.65. The molecule has 0 aliphatic heterocycles. The highest BCUT2D eigenvalue weighted by molar-refractivity contribution is 7.88. The predicted octanol–water partition coefficient (Wildman–Crippen LogP) is 2.83. The third-order valence-corrected chi connectivity index (χ3v) is 5.36. The quantitative estimate of drug-likeness (QED) is 0.922. The maximum atomic E-state index is 12.2. The van der Waals surface area contributed by atoms with Crippen LogP contribution in [0.5, 0.6) is 0 Å². The Morgan fingerprint density at radius 3 is 2.76 bits per heavy atom. The summed E-state index contributed by atoms with van der Waals surface area (Å²) in [6, 6.07) is 7.31. The Labute approximate surface area is 124 Å². The van der Waals surface area contributed by atoms with Crippen LogP contribution in [0.1, 0.15) is 37.8 Å². The van der Waals surface area contributed by atoms with Crippen molar-refractivity contribution in [1.29, 1.82) is 0 Å². The smallest absolute Gasteiger partial charge is 0.217 e. The van der Waals surface area contributed by atoms with Gasteiger partial charge in [-0.3, -0.25) is 0 Å². The average molecular weight is 308 g/mol. The molecule has 21 heavy (non-hydrogen) atoms. The van der Waals surface area contributed by atoms with Crippen molar-refractivity contribution in [2.75, 3.05) is 6.54 Å². The molecule has 3 rings (SSSR count). The zero-order valence-electron chi connectivity index (χ0n) is 11.9. The van der Waals surface area contributed by atoms with Crippen LogP contribution in [-0.2, 0) is 15.8 Å². The highest BCUT2D eigenvalue weighted by Crippen LogP contribution is 2.23. The van der Waals surface area contributed by atoms with Crippen LogP contribution >= 0.6 is 0 Å². The second-order valence-electron chi connectivity index (χ2n) is 5.74. The van der Waals surface area contributed by atoms with E-state index in [1.54, 1.807) is 6.07 Å². The maximum absolute atomic E-state index is 12.2. The van der Waals surface area contributed by atoms with Crippen molar-refractivity contribution in [3.63, 3.8) is 0 Å². The molecule has 1 fully saturated rings. The van der Waals surface area contributed by atoms with E-state index in [4.69, 9.17) is 4.52 Å². The van der Waals surface area contributed by atoms with E-state index in [9.17, 15) is 8.42 Å². The van der Waals surface area contributed by atoms with Gasteiger partial charge in [-0.05, 0) is 30.9 Å². The summed E-state index contributed by atoms with van der Waals surface area (Å²) >= 11 is 0. The van der Waals surface area contributed by atoms with Gasteiger partial charge in [0.2, 0.25) is 10.0 Å². The molecule has 2 aromatic rings. The molecule has 1 aromatic carbocycles. The van der Waals surface area contributed by atoms with E-state index in [1.165, 1.54) is 19.3 Å². The number of benzene rings is 1. The van der Waals surface area contributed by atoms with Crippen LogP contribution in [0.4, 0.5) is 0 Å². The van der Waals surface area contributed by atoms with Crippen molar-refractivity contribution in [2.45, 2.75) is 37.9 Å². The van der Waals surface area contributed by atoms with Gasteiger partial charge in [0.1, 0.15) is 11.4 Å². The summed E-state index contributed by atoms with van der Waals surface area (Å²) in [6.07, 6.45) is 5.93. The largest absolute Gasteiger partial charge is 0.356 e. The SMILES string of the molecule is O=S(=O)(Cc1noc2ccccc12)NCC1CCCCC1. The van der Waals surface area contributed by atoms with Gasteiger partial charge >= 0.3 is 0 Å². The van der Waals surface area contributed by atoms with E-state index in [2.05, 4.69) is 9.88 Å². The molecular weight excluding hydrogens is 288 g/mol. The number of para-hydroxylation sites is 1. The Hall–Kier alpha value is -1.40. The minimum absolute atomic E-state index is 0.128. The molecule has 0 atom stereocenters. The highest BCUT2D eigenvalue weighted by atomic mass is 32.2. The number of nitrogens with one attached hydrogen (secondary N) is 1. The van der Waals surface area contributed by atoms with E-state index in [-0.39, 0.29) is 5.75 Å². The molecule has 0 radical (unpaired) electrons. The fourth-order valence-electron chi connectivity index (χ4n) is 2.91. The van der Waals surface area contributed by atoms with Gasteiger partial charge in [0.05, 0.1) is 0 Å². The molecule has 0 bridgehead atoms. The van der Waals surface area contributed by atoms with Crippen molar-refractivity contribution in [1.82, 2.24) is 9.88 Å². The van der Waals surface area contributed by atoms with Crippen molar-refractivity contribution < 1.29 is 12.9 Å². The summed E-state index contributed by atoms with van der Waals surface area (Å²) in [7, 11) is -3.37. The Kier molecular flexibility index (Phi) is 4.26. The number of rotatable bonds is 5. The molecule has 1 aromatic heterocycles. The summed E-state index contributed by atoms with van der Waals surface area (Å²) in [5.41, 5.74) is 1.09. The van der Waals surface area contributed by atoms with Gasteiger partial charge in [0.25, 0.3) is 0 Å². The van der Waals surface area contributed by atoms with E-state index in [0.29, 0.717) is 23.7 Å². The van der Waals surface area contributed by atoms with Gasteiger partial charge in [-0.2, -0.15) is 0 Å². The lowest BCUT2D eigenvalue weighted by molar-refractivity contribution is 0.357. The van der Waals surface area contributed by atoms with Crippen LogP contribution in [0.3, 0.4) is 0 Å². The number of hydrogen-bond donors (Lipinski definition) is 1. The van der Waals surface area contributed by atoms with Gasteiger partial charge in [0, 0.05) is 11.9 Å². The molecule has 0 unspecified atom stereocenters. The number of fused-ring (bicyclic) bond motifs is 1. The molecule has 6 heteroatoms. The van der Waals surface area contributed by atoms with Gasteiger partial charge in [-0.1, -0.05) is 36.6 Å². The van der Waals surface area contributed by atoms with E-state index >= 15 is 0 Å². The molecule has 1 heterocycles. The molecule has 0 saturated heterocycles. The predicted molar refractivity (Wildman–Crippen MR) is 81.2 cm³/mol. The number of sulfonamides is 1. The van der Waals surface area contributed by atoms with Crippen LogP contribution in [0, 0.1) is 5.92 Å². The lowest BCUT2D eigenvalue weighted by Crippen LogP contribution is -2.31. The number of nitrogens with zero attached hydrogens (tertiary/aromatic N) is 1. The van der Waals surface area contributed by atoms with Crippen molar-refractivity contribution in [3.05, 3.63) is 30.0 Å². The highest BCUT2D eigenvalue weighted by Gasteiger charge is 2.20. The molecule has 0 amide bonds. The van der Waals surface area contributed by atoms with E-state index < -0.39 is 10.0 Å². The fraction of sp³-hybridized carbons (Fsp3) is 0.533. The van der Waals surface area contributed by atoms with Crippen LogP contribution in [0.2, 0.25) is 0 Å². The molecule has 0 spiro atoms.